The molecule has 8 heteroatoms. The zero-order chi connectivity index (χ0) is 16.3. The lowest BCUT2D eigenvalue weighted by molar-refractivity contribution is 0.365. The quantitative estimate of drug-likeness (QED) is 0.800. The first-order valence-corrected chi connectivity index (χ1v) is 9.43. The summed E-state index contributed by atoms with van der Waals surface area (Å²) in [5, 5.41) is 3.98. The second-order valence-electron chi connectivity index (χ2n) is 5.60. The predicted octanol–water partition coefficient (Wildman–Crippen LogP) is 1.88. The van der Waals surface area contributed by atoms with Gasteiger partial charge in [0, 0.05) is 31.4 Å². The Hall–Kier alpha value is -1.80. The summed E-state index contributed by atoms with van der Waals surface area (Å²) in [6, 6.07) is 3.71. The van der Waals surface area contributed by atoms with Gasteiger partial charge in [0.25, 0.3) is 5.89 Å². The number of nitrogens with zero attached hydrogens (tertiary/aromatic N) is 4. The smallest absolute Gasteiger partial charge is 0.259 e. The Morgan fingerprint density at radius 3 is 3.04 bits per heavy atom. The van der Waals surface area contributed by atoms with E-state index in [0.717, 1.165) is 18.4 Å². The van der Waals surface area contributed by atoms with Crippen molar-refractivity contribution in [3.8, 4) is 11.5 Å². The van der Waals surface area contributed by atoms with E-state index in [-0.39, 0.29) is 11.8 Å². The zero-order valence-electron chi connectivity index (χ0n) is 13.1. The van der Waals surface area contributed by atoms with Gasteiger partial charge in [-0.05, 0) is 38.3 Å². The number of aryl methyl sites for hydroxylation is 1. The minimum Gasteiger partial charge on any atom is -0.334 e. The number of hydrogen-bond donors (Lipinski definition) is 0. The molecule has 0 bridgehead atoms. The summed E-state index contributed by atoms with van der Waals surface area (Å²) in [4.78, 5) is 8.39. The van der Waals surface area contributed by atoms with E-state index in [2.05, 4.69) is 15.1 Å². The molecule has 3 heterocycles. The molecular formula is C15H20N4O3S. The molecule has 2 aromatic rings. The normalized spacial score (nSPS) is 19.3. The van der Waals surface area contributed by atoms with E-state index in [9.17, 15) is 8.42 Å². The minimum absolute atomic E-state index is 0.0419. The molecule has 1 saturated heterocycles. The third-order valence-electron chi connectivity index (χ3n) is 4.12. The summed E-state index contributed by atoms with van der Waals surface area (Å²) in [7, 11) is -3.13. The average Bonchev–Trinajstić information content (AvgIpc) is 3.23. The zero-order valence-corrected chi connectivity index (χ0v) is 13.9. The highest BCUT2D eigenvalue weighted by atomic mass is 32.2. The molecule has 1 atom stereocenters. The molecular weight excluding hydrogens is 316 g/mol. The molecule has 124 valence electrons. The van der Waals surface area contributed by atoms with Gasteiger partial charge in [-0.15, -0.1) is 0 Å². The molecule has 1 unspecified atom stereocenters. The molecule has 0 radical (unpaired) electrons. The molecule has 0 spiro atoms. The van der Waals surface area contributed by atoms with Gasteiger partial charge in [-0.3, -0.25) is 4.98 Å². The van der Waals surface area contributed by atoms with Gasteiger partial charge >= 0.3 is 0 Å². The van der Waals surface area contributed by atoms with Crippen LogP contribution in [-0.2, 0) is 16.4 Å². The Kier molecular flexibility index (Phi) is 4.72. The lowest BCUT2D eigenvalue weighted by atomic mass is 10.1. The Bertz CT molecular complexity index is 745. The van der Waals surface area contributed by atoms with Crippen LogP contribution in [0.25, 0.3) is 11.5 Å². The SMILES string of the molecule is CCS(=O)(=O)N1CCCC1CCc1noc(-c2cccnc2)n1. The summed E-state index contributed by atoms with van der Waals surface area (Å²) in [6.45, 7) is 2.30. The third-order valence-corrected chi connectivity index (χ3v) is 6.05. The van der Waals surface area contributed by atoms with Crippen molar-refractivity contribution in [1.82, 2.24) is 19.4 Å². The van der Waals surface area contributed by atoms with E-state index in [1.165, 1.54) is 0 Å². The van der Waals surface area contributed by atoms with Gasteiger partial charge in [0.05, 0.1) is 11.3 Å². The molecule has 23 heavy (non-hydrogen) atoms. The van der Waals surface area contributed by atoms with Gasteiger partial charge in [0.2, 0.25) is 10.0 Å². The highest BCUT2D eigenvalue weighted by molar-refractivity contribution is 7.89. The van der Waals surface area contributed by atoms with E-state index in [4.69, 9.17) is 4.52 Å². The van der Waals surface area contributed by atoms with Crippen LogP contribution in [0, 0.1) is 0 Å². The van der Waals surface area contributed by atoms with Crippen LogP contribution >= 0.6 is 0 Å². The van der Waals surface area contributed by atoms with Crippen LogP contribution in [0.4, 0.5) is 0 Å². The second-order valence-corrected chi connectivity index (χ2v) is 7.81. The predicted molar refractivity (Wildman–Crippen MR) is 85.0 cm³/mol. The Balaban J connectivity index is 1.64. The summed E-state index contributed by atoms with van der Waals surface area (Å²) >= 11 is 0. The van der Waals surface area contributed by atoms with Crippen molar-refractivity contribution in [3.05, 3.63) is 30.4 Å². The topological polar surface area (TPSA) is 89.2 Å². The Labute approximate surface area is 135 Å². The monoisotopic (exact) mass is 336 g/mol. The largest absolute Gasteiger partial charge is 0.334 e. The van der Waals surface area contributed by atoms with Gasteiger partial charge in [-0.2, -0.15) is 9.29 Å². The lowest BCUT2D eigenvalue weighted by Gasteiger charge is -2.22. The number of aromatic nitrogens is 3. The maximum atomic E-state index is 12.1. The molecule has 7 nitrogen and oxygen atoms in total. The third kappa shape index (κ3) is 3.59. The highest BCUT2D eigenvalue weighted by Gasteiger charge is 2.32. The first kappa shape index (κ1) is 16.1. The Morgan fingerprint density at radius 1 is 1.43 bits per heavy atom. The summed E-state index contributed by atoms with van der Waals surface area (Å²) < 4.78 is 31.0. The first-order chi connectivity index (χ1) is 11.1. The molecule has 1 fully saturated rings. The molecule has 0 saturated carbocycles. The van der Waals surface area contributed by atoms with Crippen LogP contribution in [0.15, 0.2) is 29.0 Å². The van der Waals surface area contributed by atoms with Crippen LogP contribution in [0.2, 0.25) is 0 Å². The minimum atomic E-state index is -3.13. The van der Waals surface area contributed by atoms with E-state index in [0.29, 0.717) is 31.1 Å². The van der Waals surface area contributed by atoms with Crippen molar-refractivity contribution in [2.24, 2.45) is 0 Å². The van der Waals surface area contributed by atoms with E-state index < -0.39 is 10.0 Å². The van der Waals surface area contributed by atoms with Crippen molar-refractivity contribution in [1.29, 1.82) is 0 Å². The fourth-order valence-electron chi connectivity index (χ4n) is 2.89. The lowest BCUT2D eigenvalue weighted by Crippen LogP contribution is -2.36. The number of sulfonamides is 1. The van der Waals surface area contributed by atoms with Gasteiger partial charge in [-0.1, -0.05) is 5.16 Å². The number of hydrogen-bond acceptors (Lipinski definition) is 6. The van der Waals surface area contributed by atoms with Gasteiger partial charge in [-0.25, -0.2) is 8.42 Å². The van der Waals surface area contributed by atoms with E-state index in [1.807, 2.05) is 12.1 Å². The Morgan fingerprint density at radius 2 is 2.30 bits per heavy atom. The highest BCUT2D eigenvalue weighted by Crippen LogP contribution is 2.25. The fraction of sp³-hybridized carbons (Fsp3) is 0.533. The van der Waals surface area contributed by atoms with Crippen molar-refractivity contribution in [2.75, 3.05) is 12.3 Å². The standard InChI is InChI=1S/C15H20N4O3S/c1-2-23(20,21)19-10-4-6-13(19)7-8-14-17-15(22-18-14)12-5-3-9-16-11-12/h3,5,9,11,13H,2,4,6-8,10H2,1H3. The summed E-state index contributed by atoms with van der Waals surface area (Å²) in [5.41, 5.74) is 0.780. The molecule has 0 aromatic carbocycles. The molecule has 3 rings (SSSR count). The maximum Gasteiger partial charge on any atom is 0.259 e. The van der Waals surface area contributed by atoms with E-state index >= 15 is 0 Å². The molecule has 0 aliphatic carbocycles. The van der Waals surface area contributed by atoms with Crippen LogP contribution in [0.3, 0.4) is 0 Å². The second kappa shape index (κ2) is 6.76. The number of pyridine rings is 1. The van der Waals surface area contributed by atoms with Crippen molar-refractivity contribution >= 4 is 10.0 Å². The molecule has 0 amide bonds. The first-order valence-electron chi connectivity index (χ1n) is 7.82. The van der Waals surface area contributed by atoms with Crippen LogP contribution in [-0.4, -0.2) is 46.2 Å². The van der Waals surface area contributed by atoms with Gasteiger partial charge < -0.3 is 4.52 Å². The molecule has 1 aliphatic rings. The van der Waals surface area contributed by atoms with Crippen LogP contribution in [0.1, 0.15) is 32.0 Å². The molecule has 1 aliphatic heterocycles. The van der Waals surface area contributed by atoms with Crippen molar-refractivity contribution < 1.29 is 12.9 Å². The van der Waals surface area contributed by atoms with Crippen LogP contribution in [0.5, 0.6) is 0 Å². The van der Waals surface area contributed by atoms with Gasteiger partial charge in [0.1, 0.15) is 0 Å². The van der Waals surface area contributed by atoms with Crippen LogP contribution < -0.4 is 0 Å². The summed E-state index contributed by atoms with van der Waals surface area (Å²) in [6.07, 6.45) is 6.48. The van der Waals surface area contributed by atoms with E-state index in [1.54, 1.807) is 23.6 Å². The average molecular weight is 336 g/mol. The maximum absolute atomic E-state index is 12.1. The van der Waals surface area contributed by atoms with Crippen molar-refractivity contribution in [2.45, 2.75) is 38.6 Å². The number of rotatable bonds is 6. The summed E-state index contributed by atoms with van der Waals surface area (Å²) in [5.74, 6) is 1.19. The van der Waals surface area contributed by atoms with Gasteiger partial charge in [0.15, 0.2) is 5.82 Å². The fourth-order valence-corrected chi connectivity index (χ4v) is 4.29. The molecule has 0 N–H and O–H groups in total. The van der Waals surface area contributed by atoms with Crippen molar-refractivity contribution in [3.63, 3.8) is 0 Å². The molecule has 2 aromatic heterocycles.